The van der Waals surface area contributed by atoms with Crippen molar-refractivity contribution in [2.75, 3.05) is 6.54 Å². The van der Waals surface area contributed by atoms with Crippen molar-refractivity contribution >= 4 is 22.0 Å². The number of likely N-dealkylation sites (tertiary alicyclic amines) is 1. The van der Waals surface area contributed by atoms with Crippen LogP contribution in [0.2, 0.25) is 0 Å². The smallest absolute Gasteiger partial charge is 0.410 e. The normalized spacial score (nSPS) is 18.1. The predicted molar refractivity (Wildman–Crippen MR) is 129 cm³/mol. The fourth-order valence-electron chi connectivity index (χ4n) is 3.98. The molecule has 2 amide bonds. The summed E-state index contributed by atoms with van der Waals surface area (Å²) >= 11 is 0. The molecule has 2 aromatic rings. The maximum atomic E-state index is 13.3. The minimum absolute atomic E-state index is 0.0872. The van der Waals surface area contributed by atoms with Crippen molar-refractivity contribution in [3.8, 4) is 0 Å². The predicted octanol–water partition coefficient (Wildman–Crippen LogP) is 3.75. The molecular weight excluding hydrogens is 473 g/mol. The van der Waals surface area contributed by atoms with E-state index in [4.69, 9.17) is 4.74 Å². The molecule has 0 bridgehead atoms. The summed E-state index contributed by atoms with van der Waals surface area (Å²) in [5, 5.41) is 2.93. The number of sulfonamides is 1. The molecule has 0 aromatic heterocycles. The number of ether oxygens (including phenoxy) is 1. The number of hydrogen-bond acceptors (Lipinski definition) is 5. The van der Waals surface area contributed by atoms with Crippen molar-refractivity contribution in [2.45, 2.75) is 69.2 Å². The van der Waals surface area contributed by atoms with E-state index in [-0.39, 0.29) is 4.90 Å². The van der Waals surface area contributed by atoms with Gasteiger partial charge < -0.3 is 10.1 Å². The van der Waals surface area contributed by atoms with Crippen LogP contribution >= 0.6 is 0 Å². The van der Waals surface area contributed by atoms with Crippen LogP contribution in [0.3, 0.4) is 0 Å². The highest BCUT2D eigenvalue weighted by molar-refractivity contribution is 7.89. The summed E-state index contributed by atoms with van der Waals surface area (Å²) in [6.07, 6.45) is 0.569. The molecule has 1 fully saturated rings. The van der Waals surface area contributed by atoms with Gasteiger partial charge in [0.25, 0.3) is 0 Å². The van der Waals surface area contributed by atoms with Crippen LogP contribution in [0.5, 0.6) is 0 Å². The SMILES string of the molecule is C[C@@H](NS(=O)(=O)c1ccc(F)cc1)[C@@H](NC(=O)[C@@H]1CCCN1C(=O)OC(C)(C)C)c1ccccc1. The molecule has 0 saturated carbocycles. The second-order valence-electron chi connectivity index (χ2n) is 9.59. The van der Waals surface area contributed by atoms with Gasteiger partial charge in [0.15, 0.2) is 0 Å². The Bertz CT molecular complexity index is 1130. The fourth-order valence-corrected chi connectivity index (χ4v) is 5.24. The van der Waals surface area contributed by atoms with Crippen molar-refractivity contribution in [3.63, 3.8) is 0 Å². The monoisotopic (exact) mass is 505 g/mol. The van der Waals surface area contributed by atoms with Gasteiger partial charge in [0.1, 0.15) is 17.5 Å². The topological polar surface area (TPSA) is 105 Å². The van der Waals surface area contributed by atoms with Gasteiger partial charge in [0.2, 0.25) is 15.9 Å². The Morgan fingerprint density at radius 3 is 2.31 bits per heavy atom. The standard InChI is InChI=1S/C25H32FN3O5S/c1-17(28-35(32,33)20-14-12-19(26)13-15-20)22(18-9-6-5-7-10-18)27-23(30)21-11-8-16-29(21)24(31)34-25(2,3)4/h5-7,9-10,12-15,17,21-22,28H,8,11,16H2,1-4H3,(H,27,30)/t17-,21+,22-/m1/s1. The number of amides is 2. The third-order valence-corrected chi connectivity index (χ3v) is 7.18. The molecule has 1 saturated heterocycles. The summed E-state index contributed by atoms with van der Waals surface area (Å²) in [6, 6.07) is 11.3. The number of halogens is 1. The van der Waals surface area contributed by atoms with Crippen LogP contribution in [0, 0.1) is 5.82 Å². The molecule has 1 aliphatic heterocycles. The summed E-state index contributed by atoms with van der Waals surface area (Å²) in [4.78, 5) is 27.3. The lowest BCUT2D eigenvalue weighted by atomic mass is 10.0. The maximum Gasteiger partial charge on any atom is 0.410 e. The van der Waals surface area contributed by atoms with E-state index in [1.165, 1.54) is 17.0 Å². The lowest BCUT2D eigenvalue weighted by Crippen LogP contribution is -2.51. The lowest BCUT2D eigenvalue weighted by Gasteiger charge is -2.31. The van der Waals surface area contributed by atoms with Gasteiger partial charge in [-0.25, -0.2) is 22.3 Å². The van der Waals surface area contributed by atoms with E-state index in [0.717, 1.165) is 12.1 Å². The summed E-state index contributed by atoms with van der Waals surface area (Å²) < 4.78 is 47.1. The van der Waals surface area contributed by atoms with Crippen LogP contribution in [0.25, 0.3) is 0 Å². The minimum atomic E-state index is -3.98. The van der Waals surface area contributed by atoms with Crippen LogP contribution in [0.15, 0.2) is 59.5 Å². The molecule has 8 nitrogen and oxygen atoms in total. The largest absolute Gasteiger partial charge is 0.444 e. The number of nitrogens with one attached hydrogen (secondary N) is 2. The molecule has 0 aliphatic carbocycles. The Morgan fingerprint density at radius 1 is 1.09 bits per heavy atom. The lowest BCUT2D eigenvalue weighted by molar-refractivity contribution is -0.126. The quantitative estimate of drug-likeness (QED) is 0.596. The number of carbonyl (C=O) groups excluding carboxylic acids is 2. The maximum absolute atomic E-state index is 13.3. The van der Waals surface area contributed by atoms with Gasteiger partial charge in [-0.1, -0.05) is 30.3 Å². The van der Waals surface area contributed by atoms with Gasteiger partial charge in [0.05, 0.1) is 10.9 Å². The van der Waals surface area contributed by atoms with Crippen LogP contribution in [0.1, 0.15) is 52.1 Å². The first-order valence-electron chi connectivity index (χ1n) is 11.5. The molecule has 3 rings (SSSR count). The average molecular weight is 506 g/mol. The fraction of sp³-hybridized carbons (Fsp3) is 0.440. The highest BCUT2D eigenvalue weighted by Gasteiger charge is 2.38. The van der Waals surface area contributed by atoms with Crippen LogP contribution in [-0.4, -0.2) is 49.5 Å². The van der Waals surface area contributed by atoms with E-state index in [9.17, 15) is 22.4 Å². The second kappa shape index (κ2) is 10.7. The Hall–Kier alpha value is -2.98. The molecule has 10 heteroatoms. The van der Waals surface area contributed by atoms with Crippen molar-refractivity contribution in [1.82, 2.24) is 14.9 Å². The van der Waals surface area contributed by atoms with Crippen LogP contribution in [0.4, 0.5) is 9.18 Å². The van der Waals surface area contributed by atoms with E-state index < -0.39 is 51.6 Å². The molecule has 1 aliphatic rings. The zero-order valence-electron chi connectivity index (χ0n) is 20.3. The zero-order chi connectivity index (χ0) is 25.8. The van der Waals surface area contributed by atoms with Gasteiger partial charge >= 0.3 is 6.09 Å². The number of hydrogen-bond donors (Lipinski definition) is 2. The van der Waals surface area contributed by atoms with E-state index in [1.54, 1.807) is 52.0 Å². The van der Waals surface area contributed by atoms with E-state index >= 15 is 0 Å². The van der Waals surface area contributed by atoms with Crippen molar-refractivity contribution in [2.24, 2.45) is 0 Å². The van der Waals surface area contributed by atoms with Gasteiger partial charge in [-0.3, -0.25) is 9.69 Å². The summed E-state index contributed by atoms with van der Waals surface area (Å²) in [6.45, 7) is 7.32. The number of carbonyl (C=O) groups is 2. The molecule has 190 valence electrons. The molecule has 0 unspecified atom stereocenters. The van der Waals surface area contributed by atoms with Gasteiger partial charge in [-0.15, -0.1) is 0 Å². The molecule has 2 N–H and O–H groups in total. The van der Waals surface area contributed by atoms with Crippen LogP contribution < -0.4 is 10.0 Å². The van der Waals surface area contributed by atoms with Gasteiger partial charge in [-0.2, -0.15) is 0 Å². The number of nitrogens with zero attached hydrogens (tertiary/aromatic N) is 1. The first-order chi connectivity index (χ1) is 16.4. The summed E-state index contributed by atoms with van der Waals surface area (Å²) in [5.74, 6) is -0.937. The highest BCUT2D eigenvalue weighted by atomic mass is 32.2. The van der Waals surface area contributed by atoms with Gasteiger partial charge in [0, 0.05) is 12.6 Å². The molecule has 0 spiro atoms. The van der Waals surface area contributed by atoms with Crippen molar-refractivity contribution in [1.29, 1.82) is 0 Å². The Labute approximate surface area is 205 Å². The first-order valence-corrected chi connectivity index (χ1v) is 13.0. The molecule has 35 heavy (non-hydrogen) atoms. The third kappa shape index (κ3) is 7.02. The van der Waals surface area contributed by atoms with Crippen molar-refractivity contribution < 1.29 is 27.1 Å². The molecular formula is C25H32FN3O5S. The average Bonchev–Trinajstić information content (AvgIpc) is 3.27. The molecule has 3 atom stereocenters. The van der Waals surface area contributed by atoms with Crippen LogP contribution in [-0.2, 0) is 19.6 Å². The summed E-state index contributed by atoms with van der Waals surface area (Å²) in [7, 11) is -3.98. The molecule has 2 aromatic carbocycles. The highest BCUT2D eigenvalue weighted by Crippen LogP contribution is 2.24. The van der Waals surface area contributed by atoms with E-state index in [0.29, 0.717) is 24.9 Å². The van der Waals surface area contributed by atoms with Gasteiger partial charge in [-0.05, 0) is 70.4 Å². The van der Waals surface area contributed by atoms with E-state index in [1.807, 2.05) is 6.07 Å². The first kappa shape index (κ1) is 26.6. The molecule has 0 radical (unpaired) electrons. The summed E-state index contributed by atoms with van der Waals surface area (Å²) in [5.41, 5.74) is -0.00239. The third-order valence-electron chi connectivity index (χ3n) is 5.60. The zero-order valence-corrected chi connectivity index (χ0v) is 21.1. The number of benzene rings is 2. The Kier molecular flexibility index (Phi) is 8.17. The number of rotatable bonds is 7. The minimum Gasteiger partial charge on any atom is -0.444 e. The molecule has 1 heterocycles. The Morgan fingerprint density at radius 2 is 1.71 bits per heavy atom. The van der Waals surface area contributed by atoms with E-state index in [2.05, 4.69) is 10.0 Å². The van der Waals surface area contributed by atoms with Crippen molar-refractivity contribution in [3.05, 3.63) is 66.0 Å². The Balaban J connectivity index is 1.80. The second-order valence-corrected chi connectivity index (χ2v) is 11.3.